The third-order valence-electron chi connectivity index (χ3n) is 11.9. The van der Waals surface area contributed by atoms with Crippen molar-refractivity contribution in [3.8, 4) is 0 Å². The summed E-state index contributed by atoms with van der Waals surface area (Å²) >= 11 is 0. The number of hydrogen-bond acceptors (Lipinski definition) is 3. The van der Waals surface area contributed by atoms with Crippen molar-refractivity contribution in [3.05, 3.63) is 11.6 Å². The number of fused-ring (bicyclic) bond motifs is 5. The van der Waals surface area contributed by atoms with Gasteiger partial charge < -0.3 is 5.11 Å². The lowest BCUT2D eigenvalue weighted by Crippen LogP contribution is -2.56. The van der Waals surface area contributed by atoms with E-state index in [1.165, 1.54) is 5.57 Å². The minimum Gasteiger partial charge on any atom is -0.390 e. The summed E-state index contributed by atoms with van der Waals surface area (Å²) < 4.78 is 74.9. The lowest BCUT2D eigenvalue weighted by atomic mass is 9.44. The van der Waals surface area contributed by atoms with E-state index in [1.54, 1.807) is 0 Å². The van der Waals surface area contributed by atoms with E-state index < -0.39 is 41.3 Å². The lowest BCUT2D eigenvalue weighted by Gasteiger charge is -2.61. The third kappa shape index (κ3) is 6.66. The van der Waals surface area contributed by atoms with Crippen LogP contribution in [0.5, 0.6) is 0 Å². The summed E-state index contributed by atoms with van der Waals surface area (Å²) in [6, 6.07) is 0. The number of hydrogen-bond donors (Lipinski definition) is 1. The number of alkyl halides is 5. The molecule has 0 saturated heterocycles. The van der Waals surface area contributed by atoms with Gasteiger partial charge in [-0.15, -0.1) is 0 Å². The fraction of sp³-hybridized carbons (Fsp3) is 0.906. The Bertz CT molecular complexity index is 1010. The van der Waals surface area contributed by atoms with E-state index in [9.17, 15) is 36.1 Å². The third-order valence-corrected chi connectivity index (χ3v) is 13.4. The van der Waals surface area contributed by atoms with E-state index in [1.807, 2.05) is 13.0 Å². The predicted octanol–water partition coefficient (Wildman–Crippen LogP) is 8.56. The molecule has 9 heteroatoms. The lowest BCUT2D eigenvalue weighted by molar-refractivity contribution is -0.284. The minimum atomic E-state index is -5.55. The van der Waals surface area contributed by atoms with E-state index in [0.717, 1.165) is 70.6 Å². The van der Waals surface area contributed by atoms with Gasteiger partial charge in [-0.1, -0.05) is 45.1 Å². The Balaban J connectivity index is 1.26. The topological polar surface area (TPSA) is 54.4 Å². The summed E-state index contributed by atoms with van der Waals surface area (Å²) in [5.74, 6) is -2.13. The van der Waals surface area contributed by atoms with Crippen LogP contribution in [-0.2, 0) is 15.6 Å². The molecule has 0 heterocycles. The van der Waals surface area contributed by atoms with Gasteiger partial charge in [-0.2, -0.15) is 22.0 Å². The Morgan fingerprint density at radius 3 is 2.24 bits per heavy atom. The van der Waals surface area contributed by atoms with Crippen LogP contribution in [-0.4, -0.2) is 44.3 Å². The van der Waals surface area contributed by atoms with Gasteiger partial charge in [0.2, 0.25) is 0 Å². The van der Waals surface area contributed by atoms with Gasteiger partial charge in [0.1, 0.15) is 0 Å². The predicted molar refractivity (Wildman–Crippen MR) is 152 cm³/mol. The molecular weight excluding hydrogens is 559 g/mol. The van der Waals surface area contributed by atoms with Crippen LogP contribution in [0.25, 0.3) is 0 Å². The Labute approximate surface area is 244 Å². The van der Waals surface area contributed by atoms with E-state index >= 15 is 0 Å². The molecule has 0 radical (unpaired) electrons. The zero-order valence-electron chi connectivity index (χ0n) is 25.0. The van der Waals surface area contributed by atoms with Crippen LogP contribution in [0.1, 0.15) is 117 Å². The number of ketones is 1. The van der Waals surface area contributed by atoms with Crippen molar-refractivity contribution in [2.75, 3.05) is 11.5 Å². The van der Waals surface area contributed by atoms with Gasteiger partial charge in [0.05, 0.1) is 5.60 Å². The second-order valence-corrected chi connectivity index (χ2v) is 16.0. The van der Waals surface area contributed by atoms with E-state index in [-0.39, 0.29) is 22.4 Å². The van der Waals surface area contributed by atoms with Crippen molar-refractivity contribution in [1.29, 1.82) is 0 Å². The van der Waals surface area contributed by atoms with Crippen molar-refractivity contribution in [1.82, 2.24) is 0 Å². The van der Waals surface area contributed by atoms with Crippen LogP contribution in [0.15, 0.2) is 11.6 Å². The number of rotatable bonds is 12. The molecule has 3 nitrogen and oxygen atoms in total. The van der Waals surface area contributed by atoms with Crippen LogP contribution in [0.4, 0.5) is 22.0 Å². The number of aliphatic hydroxyl groups is 1. The van der Waals surface area contributed by atoms with E-state index in [0.29, 0.717) is 42.3 Å². The second kappa shape index (κ2) is 12.3. The molecule has 0 aromatic rings. The SMILES string of the molecule is C[C@]12CCC(=O)C=C1C[C@@H](CCCCCCCS(=O)CCCC(F)(F)C(F)(F)F)[C@@H]1[C@@H]2CC[C@@]2(C)[C@H]1CC[C@]2(C)O. The van der Waals surface area contributed by atoms with Gasteiger partial charge in [-0.3, -0.25) is 9.00 Å². The molecule has 4 rings (SSSR count). The molecule has 4 aliphatic rings. The van der Waals surface area contributed by atoms with E-state index in [2.05, 4.69) is 13.8 Å². The molecule has 41 heavy (non-hydrogen) atoms. The maximum atomic E-state index is 13.0. The maximum absolute atomic E-state index is 13.0. The fourth-order valence-corrected chi connectivity index (χ4v) is 10.3. The highest BCUT2D eigenvalue weighted by molar-refractivity contribution is 7.84. The highest BCUT2D eigenvalue weighted by atomic mass is 32.2. The van der Waals surface area contributed by atoms with Crippen LogP contribution in [0.3, 0.4) is 0 Å². The Morgan fingerprint density at radius 2 is 1.54 bits per heavy atom. The summed E-state index contributed by atoms with van der Waals surface area (Å²) in [5, 5.41) is 11.4. The zero-order valence-corrected chi connectivity index (χ0v) is 25.8. The van der Waals surface area contributed by atoms with Crippen LogP contribution in [0, 0.1) is 34.5 Å². The number of carbonyl (C=O) groups excluding carboxylic acids is 1. The maximum Gasteiger partial charge on any atom is 0.453 e. The first kappa shape index (κ1) is 33.1. The first-order chi connectivity index (χ1) is 19.0. The number of unbranched alkanes of at least 4 members (excludes halogenated alkanes) is 4. The molecule has 0 bridgehead atoms. The molecule has 4 aliphatic carbocycles. The van der Waals surface area contributed by atoms with Gasteiger partial charge in [-0.05, 0) is 105 Å². The number of allylic oxidation sites excluding steroid dienone is 1. The molecule has 1 N–H and O–H groups in total. The normalized spacial score (nSPS) is 38.2. The summed E-state index contributed by atoms with van der Waals surface area (Å²) in [4.78, 5) is 12.4. The first-order valence-corrected chi connectivity index (χ1v) is 17.3. The molecule has 3 fully saturated rings. The highest BCUT2D eigenvalue weighted by Crippen LogP contribution is 2.69. The Hall–Kier alpha value is -0.830. The second-order valence-electron chi connectivity index (χ2n) is 14.3. The van der Waals surface area contributed by atoms with Crippen molar-refractivity contribution in [3.63, 3.8) is 0 Å². The van der Waals surface area contributed by atoms with Crippen molar-refractivity contribution in [2.24, 2.45) is 34.5 Å². The molecule has 0 aromatic carbocycles. The number of halogens is 5. The highest BCUT2D eigenvalue weighted by Gasteiger charge is 2.64. The molecule has 0 amide bonds. The number of carbonyl (C=O) groups is 1. The monoisotopic (exact) mass is 608 g/mol. The quantitative estimate of drug-likeness (QED) is 0.178. The standard InChI is InChI=1S/C32H49F5O3S/c1-28-15-11-24(38)21-23(28)20-22(27-25(28)12-16-29(2)26(27)13-17-30(29,3)39)10-7-5-4-6-8-18-41(40)19-9-14-31(33,34)32(35,36)37/h21-22,25-27,39H,4-20H2,1-3H3/t22-,25+,26+,27-,28+,29+,30+,41?/m1/s1. The Morgan fingerprint density at radius 1 is 0.902 bits per heavy atom. The van der Waals surface area contributed by atoms with Crippen LogP contribution in [0.2, 0.25) is 0 Å². The van der Waals surface area contributed by atoms with Gasteiger partial charge in [-0.25, -0.2) is 0 Å². The summed E-state index contributed by atoms with van der Waals surface area (Å²) in [7, 11) is -1.38. The molecule has 0 spiro atoms. The van der Waals surface area contributed by atoms with Crippen molar-refractivity contribution >= 4 is 16.6 Å². The summed E-state index contributed by atoms with van der Waals surface area (Å²) in [5.41, 5.74) is 0.742. The first-order valence-electron chi connectivity index (χ1n) is 15.8. The summed E-state index contributed by atoms with van der Waals surface area (Å²) in [6.07, 6.45) is 7.03. The molecule has 236 valence electrons. The average Bonchev–Trinajstić information content (AvgIpc) is 3.12. The molecule has 0 aliphatic heterocycles. The molecule has 8 atom stereocenters. The van der Waals surface area contributed by atoms with Crippen molar-refractivity contribution in [2.45, 2.75) is 135 Å². The van der Waals surface area contributed by atoms with Gasteiger partial charge >= 0.3 is 12.1 Å². The van der Waals surface area contributed by atoms with Gasteiger partial charge in [0.25, 0.3) is 0 Å². The molecule has 1 unspecified atom stereocenters. The largest absolute Gasteiger partial charge is 0.453 e. The van der Waals surface area contributed by atoms with Crippen LogP contribution >= 0.6 is 0 Å². The molecular formula is C32H49F5O3S. The van der Waals surface area contributed by atoms with Crippen LogP contribution < -0.4 is 0 Å². The smallest absolute Gasteiger partial charge is 0.390 e. The van der Waals surface area contributed by atoms with E-state index in [4.69, 9.17) is 0 Å². The fourth-order valence-electron chi connectivity index (χ4n) is 9.14. The molecule has 0 aromatic heterocycles. The summed E-state index contributed by atoms with van der Waals surface area (Å²) in [6.45, 7) is 6.73. The van der Waals surface area contributed by atoms with Gasteiger partial charge in [0.15, 0.2) is 5.78 Å². The Kier molecular flexibility index (Phi) is 9.91. The minimum absolute atomic E-state index is 0.0627. The zero-order chi connectivity index (χ0) is 30.3. The van der Waals surface area contributed by atoms with Gasteiger partial charge in [0, 0.05) is 35.1 Å². The molecule has 3 saturated carbocycles. The van der Waals surface area contributed by atoms with Crippen molar-refractivity contribution < 1.29 is 36.1 Å². The average molecular weight is 609 g/mol.